The fourth-order valence-corrected chi connectivity index (χ4v) is 3.37. The van der Waals surface area contributed by atoms with E-state index in [9.17, 15) is 5.26 Å². The van der Waals surface area contributed by atoms with Crippen LogP contribution in [0.2, 0.25) is 0 Å². The second-order valence-corrected chi connectivity index (χ2v) is 6.15. The Morgan fingerprint density at radius 3 is 2.72 bits per heavy atom. The van der Waals surface area contributed by atoms with Crippen molar-refractivity contribution in [3.63, 3.8) is 0 Å². The molecule has 0 radical (unpaired) electrons. The summed E-state index contributed by atoms with van der Waals surface area (Å²) in [5.41, 5.74) is 8.35. The van der Waals surface area contributed by atoms with Crippen molar-refractivity contribution in [3.8, 4) is 6.07 Å². The van der Waals surface area contributed by atoms with E-state index in [1.165, 1.54) is 0 Å². The van der Waals surface area contributed by atoms with Crippen LogP contribution in [-0.4, -0.2) is 25.0 Å². The molecule has 0 fully saturated rings. The number of likely N-dealkylation sites (N-methyl/N-ethyl adjacent to an activating group) is 1. The van der Waals surface area contributed by atoms with Gasteiger partial charge < -0.3 is 19.3 Å². The molecule has 0 amide bonds. The van der Waals surface area contributed by atoms with E-state index in [2.05, 4.69) is 11.0 Å². The van der Waals surface area contributed by atoms with Gasteiger partial charge in [0.1, 0.15) is 28.9 Å². The van der Waals surface area contributed by atoms with E-state index in [1.807, 2.05) is 37.4 Å². The van der Waals surface area contributed by atoms with Gasteiger partial charge in [-0.3, -0.25) is 4.90 Å². The maximum Gasteiger partial charge on any atom is 0.205 e. The third-order valence-corrected chi connectivity index (χ3v) is 4.39. The summed E-state index contributed by atoms with van der Waals surface area (Å²) in [6.07, 6.45) is 5.17. The van der Waals surface area contributed by atoms with E-state index in [1.54, 1.807) is 12.5 Å². The van der Waals surface area contributed by atoms with Gasteiger partial charge in [-0.15, -0.1) is 0 Å². The molecule has 0 aliphatic carbocycles. The lowest BCUT2D eigenvalue weighted by Gasteiger charge is -2.35. The van der Waals surface area contributed by atoms with Gasteiger partial charge in [-0.2, -0.15) is 5.26 Å². The first-order chi connectivity index (χ1) is 12.2. The monoisotopic (exact) mass is 335 g/mol. The Morgan fingerprint density at radius 1 is 1.24 bits per heavy atom. The Hall–Kier alpha value is -3.17. The van der Waals surface area contributed by atoms with Crippen LogP contribution in [0.15, 0.2) is 74.0 Å². The molecule has 0 saturated carbocycles. The molecular weight excluding hydrogens is 318 g/mol. The lowest BCUT2D eigenvalue weighted by Crippen LogP contribution is -2.35. The largest absolute Gasteiger partial charge is 0.468 e. The van der Waals surface area contributed by atoms with Gasteiger partial charge in [0.05, 0.1) is 18.4 Å². The van der Waals surface area contributed by atoms with Crippen molar-refractivity contribution in [3.05, 3.63) is 76.7 Å². The van der Waals surface area contributed by atoms with Crippen molar-refractivity contribution in [2.24, 2.45) is 5.73 Å². The van der Waals surface area contributed by atoms with Crippen molar-refractivity contribution < 1.29 is 13.6 Å². The molecular formula is C19H17N3O3. The van der Waals surface area contributed by atoms with Gasteiger partial charge in [0.25, 0.3) is 0 Å². The van der Waals surface area contributed by atoms with Gasteiger partial charge in [-0.25, -0.2) is 0 Å². The zero-order valence-electron chi connectivity index (χ0n) is 13.7. The first-order valence-corrected chi connectivity index (χ1v) is 7.94. The highest BCUT2D eigenvalue weighted by molar-refractivity contribution is 5.60. The maximum atomic E-state index is 9.58. The zero-order chi connectivity index (χ0) is 17.4. The summed E-state index contributed by atoms with van der Waals surface area (Å²) in [6, 6.07) is 9.56. The van der Waals surface area contributed by atoms with Crippen LogP contribution in [0.25, 0.3) is 6.08 Å². The highest BCUT2D eigenvalue weighted by Gasteiger charge is 2.38. The van der Waals surface area contributed by atoms with Crippen molar-refractivity contribution in [2.45, 2.75) is 5.92 Å². The highest BCUT2D eigenvalue weighted by Crippen LogP contribution is 2.43. The molecule has 126 valence electrons. The molecule has 2 N–H and O–H groups in total. The zero-order valence-corrected chi connectivity index (χ0v) is 13.7. The number of nitriles is 1. The summed E-state index contributed by atoms with van der Waals surface area (Å²) in [5, 5.41) is 9.58. The first-order valence-electron chi connectivity index (χ1n) is 7.94. The smallest absolute Gasteiger partial charge is 0.205 e. The molecule has 2 aromatic heterocycles. The Morgan fingerprint density at radius 2 is 2.04 bits per heavy atom. The molecule has 0 saturated heterocycles. The molecule has 2 aliphatic rings. The van der Waals surface area contributed by atoms with Crippen LogP contribution in [0, 0.1) is 11.3 Å². The molecule has 0 spiro atoms. The lowest BCUT2D eigenvalue weighted by molar-refractivity contribution is 0.247. The predicted octanol–water partition coefficient (Wildman–Crippen LogP) is 2.96. The van der Waals surface area contributed by atoms with E-state index >= 15 is 0 Å². The van der Waals surface area contributed by atoms with Crippen LogP contribution in [0.4, 0.5) is 0 Å². The molecule has 25 heavy (non-hydrogen) atoms. The second-order valence-electron chi connectivity index (χ2n) is 6.15. The summed E-state index contributed by atoms with van der Waals surface area (Å²) in [5.74, 6) is 1.91. The number of furan rings is 2. The topological polar surface area (TPSA) is 88.6 Å². The maximum absolute atomic E-state index is 9.58. The van der Waals surface area contributed by atoms with Crippen molar-refractivity contribution >= 4 is 6.08 Å². The van der Waals surface area contributed by atoms with Crippen LogP contribution < -0.4 is 5.73 Å². The van der Waals surface area contributed by atoms with Crippen molar-refractivity contribution in [2.75, 3.05) is 20.1 Å². The van der Waals surface area contributed by atoms with Crippen LogP contribution in [0.3, 0.4) is 0 Å². The second kappa shape index (κ2) is 6.04. The van der Waals surface area contributed by atoms with Crippen LogP contribution in [0.1, 0.15) is 17.4 Å². The third kappa shape index (κ3) is 2.65. The normalized spacial score (nSPS) is 22.7. The summed E-state index contributed by atoms with van der Waals surface area (Å²) >= 11 is 0. The molecule has 2 aliphatic heterocycles. The molecule has 6 nitrogen and oxygen atoms in total. The molecule has 0 bridgehead atoms. The lowest BCUT2D eigenvalue weighted by atomic mass is 9.83. The Labute approximate surface area is 145 Å². The average Bonchev–Trinajstić information content (AvgIpc) is 3.28. The molecule has 4 heterocycles. The fourth-order valence-electron chi connectivity index (χ4n) is 3.37. The first kappa shape index (κ1) is 15.4. The SMILES string of the molecule is CN1CC2=C(OC(N)=C(C#N)C2c2ccco2)/C(=C/c2ccco2)C1. The fraction of sp³-hybridized carbons (Fsp3) is 0.211. The Bertz CT molecular complexity index is 912. The number of nitrogens with zero attached hydrogens (tertiary/aromatic N) is 2. The van der Waals surface area contributed by atoms with Crippen LogP contribution in [0.5, 0.6) is 0 Å². The summed E-state index contributed by atoms with van der Waals surface area (Å²) in [7, 11) is 2.02. The molecule has 2 aromatic rings. The Balaban J connectivity index is 1.87. The van der Waals surface area contributed by atoms with Gasteiger partial charge in [0.15, 0.2) is 0 Å². The van der Waals surface area contributed by atoms with E-state index in [0.29, 0.717) is 30.2 Å². The predicted molar refractivity (Wildman–Crippen MR) is 90.6 cm³/mol. The number of rotatable bonds is 2. The third-order valence-electron chi connectivity index (χ3n) is 4.39. The number of hydrogen-bond donors (Lipinski definition) is 1. The summed E-state index contributed by atoms with van der Waals surface area (Å²) < 4.78 is 16.9. The van der Waals surface area contributed by atoms with E-state index in [4.69, 9.17) is 19.3 Å². The molecule has 1 atom stereocenters. The minimum atomic E-state index is -0.341. The van der Waals surface area contributed by atoms with Gasteiger partial charge in [-0.1, -0.05) is 0 Å². The number of nitrogens with two attached hydrogens (primary N) is 1. The summed E-state index contributed by atoms with van der Waals surface area (Å²) in [6.45, 7) is 1.36. The van der Waals surface area contributed by atoms with E-state index in [-0.39, 0.29) is 11.8 Å². The quantitative estimate of drug-likeness (QED) is 0.907. The number of allylic oxidation sites excluding steroid dienone is 1. The van der Waals surface area contributed by atoms with Gasteiger partial charge >= 0.3 is 0 Å². The van der Waals surface area contributed by atoms with Crippen LogP contribution in [-0.2, 0) is 4.74 Å². The van der Waals surface area contributed by atoms with Crippen molar-refractivity contribution in [1.29, 1.82) is 5.26 Å². The van der Waals surface area contributed by atoms with E-state index < -0.39 is 0 Å². The molecule has 0 aromatic carbocycles. The van der Waals surface area contributed by atoms with Gasteiger partial charge in [-0.05, 0) is 37.4 Å². The van der Waals surface area contributed by atoms with Crippen molar-refractivity contribution in [1.82, 2.24) is 4.90 Å². The summed E-state index contributed by atoms with van der Waals surface area (Å²) in [4.78, 5) is 2.16. The van der Waals surface area contributed by atoms with Crippen LogP contribution >= 0.6 is 0 Å². The van der Waals surface area contributed by atoms with Gasteiger partial charge in [0, 0.05) is 24.2 Å². The minimum Gasteiger partial charge on any atom is -0.468 e. The number of hydrogen-bond acceptors (Lipinski definition) is 6. The minimum absolute atomic E-state index is 0.123. The Kier molecular flexibility index (Phi) is 3.71. The highest BCUT2D eigenvalue weighted by atomic mass is 16.5. The van der Waals surface area contributed by atoms with Gasteiger partial charge in [0.2, 0.25) is 5.88 Å². The van der Waals surface area contributed by atoms with E-state index in [0.717, 1.165) is 16.9 Å². The molecule has 6 heteroatoms. The molecule has 4 rings (SSSR count). The standard InChI is InChI=1S/C19H17N3O3/c1-22-10-12(8-13-4-2-6-23-13)18-15(11-22)17(16-5-3-7-24-16)14(9-20)19(21)25-18/h2-8,17H,10-11,21H2,1H3/b12-8+. The average molecular weight is 335 g/mol. The molecule has 1 unspecified atom stereocenters. The number of ether oxygens (including phenoxy) is 1.